The summed E-state index contributed by atoms with van der Waals surface area (Å²) in [4.78, 5) is 0. The summed E-state index contributed by atoms with van der Waals surface area (Å²) in [5.74, 6) is 1.07. The number of thioether (sulfide) groups is 1. The Morgan fingerprint density at radius 2 is 2.21 bits per heavy atom. The molecule has 1 heterocycles. The van der Waals surface area contributed by atoms with Gasteiger partial charge in [0, 0.05) is 33.9 Å². The molecule has 0 aliphatic rings. The Labute approximate surface area is 96.6 Å². The molecular formula is C11H12BrNS. The highest BCUT2D eigenvalue weighted by Crippen LogP contribution is 2.27. The Kier molecular flexibility index (Phi) is 2.88. The largest absolute Gasteiger partial charge is 0.347 e. The Morgan fingerprint density at radius 1 is 1.43 bits per heavy atom. The quantitative estimate of drug-likeness (QED) is 0.803. The molecule has 0 fully saturated rings. The van der Waals surface area contributed by atoms with Crippen molar-refractivity contribution in [2.24, 2.45) is 7.05 Å². The highest BCUT2D eigenvalue weighted by molar-refractivity contribution is 9.10. The number of rotatable bonds is 2. The zero-order chi connectivity index (χ0) is 10.1. The predicted octanol–water partition coefficient (Wildman–Crippen LogP) is 3.80. The topological polar surface area (TPSA) is 4.93 Å². The number of fused-ring (bicyclic) bond motifs is 1. The van der Waals surface area contributed by atoms with Gasteiger partial charge in [-0.15, -0.1) is 0 Å². The lowest BCUT2D eigenvalue weighted by Gasteiger charge is -2.01. The predicted molar refractivity (Wildman–Crippen MR) is 67.8 cm³/mol. The molecule has 1 aromatic heterocycles. The molecule has 0 radical (unpaired) electrons. The van der Waals surface area contributed by atoms with E-state index in [1.165, 1.54) is 21.1 Å². The molecule has 0 unspecified atom stereocenters. The summed E-state index contributed by atoms with van der Waals surface area (Å²) in [5.41, 5.74) is 2.67. The van der Waals surface area contributed by atoms with Gasteiger partial charge in [0.15, 0.2) is 0 Å². The highest BCUT2D eigenvalue weighted by atomic mass is 79.9. The molecule has 0 spiro atoms. The van der Waals surface area contributed by atoms with Gasteiger partial charge >= 0.3 is 0 Å². The summed E-state index contributed by atoms with van der Waals surface area (Å²) in [7, 11) is 2.13. The molecule has 2 rings (SSSR count). The molecule has 0 N–H and O–H groups in total. The number of nitrogens with zero attached hydrogens (tertiary/aromatic N) is 1. The van der Waals surface area contributed by atoms with Gasteiger partial charge in [-0.1, -0.05) is 22.0 Å². The number of aryl methyl sites for hydroxylation is 1. The molecular weight excluding hydrogens is 258 g/mol. The standard InChI is InChI=1S/C11H12BrNS/c1-13-8(7-14-2)6-9-10(12)4-3-5-11(9)13/h3-6H,7H2,1-2H3. The second kappa shape index (κ2) is 3.99. The van der Waals surface area contributed by atoms with Crippen LogP contribution in [-0.4, -0.2) is 10.8 Å². The van der Waals surface area contributed by atoms with E-state index >= 15 is 0 Å². The smallest absolute Gasteiger partial charge is 0.0491 e. The van der Waals surface area contributed by atoms with Crippen LogP contribution in [0.15, 0.2) is 28.7 Å². The average molecular weight is 270 g/mol. The molecule has 0 aliphatic carbocycles. The van der Waals surface area contributed by atoms with E-state index < -0.39 is 0 Å². The summed E-state index contributed by atoms with van der Waals surface area (Å²) in [5, 5.41) is 1.30. The third-order valence-electron chi connectivity index (χ3n) is 2.43. The van der Waals surface area contributed by atoms with Crippen LogP contribution in [0, 0.1) is 0 Å². The molecule has 0 amide bonds. The van der Waals surface area contributed by atoms with E-state index in [0.717, 1.165) is 5.75 Å². The minimum Gasteiger partial charge on any atom is -0.347 e. The summed E-state index contributed by atoms with van der Waals surface area (Å²) >= 11 is 5.43. The molecule has 14 heavy (non-hydrogen) atoms. The number of halogens is 1. The second-order valence-corrected chi connectivity index (χ2v) is 5.02. The fraction of sp³-hybridized carbons (Fsp3) is 0.273. The van der Waals surface area contributed by atoms with E-state index in [-0.39, 0.29) is 0 Å². The van der Waals surface area contributed by atoms with Crippen molar-refractivity contribution in [1.29, 1.82) is 0 Å². The van der Waals surface area contributed by atoms with Crippen molar-refractivity contribution in [3.63, 3.8) is 0 Å². The maximum atomic E-state index is 3.58. The second-order valence-electron chi connectivity index (χ2n) is 3.30. The molecule has 0 aliphatic heterocycles. The van der Waals surface area contributed by atoms with E-state index in [9.17, 15) is 0 Å². The highest BCUT2D eigenvalue weighted by Gasteiger charge is 2.06. The van der Waals surface area contributed by atoms with E-state index in [4.69, 9.17) is 0 Å². The van der Waals surface area contributed by atoms with Crippen LogP contribution >= 0.6 is 27.7 Å². The zero-order valence-electron chi connectivity index (χ0n) is 8.25. The lowest BCUT2D eigenvalue weighted by Crippen LogP contribution is -1.92. The van der Waals surface area contributed by atoms with Gasteiger partial charge in [0.2, 0.25) is 0 Å². The van der Waals surface area contributed by atoms with Crippen molar-refractivity contribution >= 4 is 38.6 Å². The van der Waals surface area contributed by atoms with Crippen molar-refractivity contribution in [3.05, 3.63) is 34.4 Å². The maximum Gasteiger partial charge on any atom is 0.0491 e. The van der Waals surface area contributed by atoms with E-state index in [2.05, 4.69) is 58.1 Å². The molecule has 0 atom stereocenters. The molecule has 0 saturated carbocycles. The monoisotopic (exact) mass is 269 g/mol. The minimum atomic E-state index is 1.07. The Balaban J connectivity index is 2.67. The van der Waals surface area contributed by atoms with Crippen LogP contribution in [0.3, 0.4) is 0 Å². The molecule has 74 valence electrons. The van der Waals surface area contributed by atoms with Crippen LogP contribution in [-0.2, 0) is 12.8 Å². The number of hydrogen-bond acceptors (Lipinski definition) is 1. The first-order valence-electron chi connectivity index (χ1n) is 4.46. The van der Waals surface area contributed by atoms with Crippen molar-refractivity contribution in [2.75, 3.05) is 6.26 Å². The van der Waals surface area contributed by atoms with Crippen molar-refractivity contribution < 1.29 is 0 Å². The summed E-state index contributed by atoms with van der Waals surface area (Å²) in [6, 6.07) is 8.58. The fourth-order valence-electron chi connectivity index (χ4n) is 1.67. The van der Waals surface area contributed by atoms with Crippen LogP contribution in [0.2, 0.25) is 0 Å². The Hall–Kier alpha value is -0.410. The van der Waals surface area contributed by atoms with Crippen molar-refractivity contribution in [3.8, 4) is 0 Å². The number of benzene rings is 1. The number of aromatic nitrogens is 1. The zero-order valence-corrected chi connectivity index (χ0v) is 10.7. The lowest BCUT2D eigenvalue weighted by atomic mass is 10.2. The fourth-order valence-corrected chi connectivity index (χ4v) is 2.71. The molecule has 0 bridgehead atoms. The van der Waals surface area contributed by atoms with Crippen LogP contribution in [0.5, 0.6) is 0 Å². The van der Waals surface area contributed by atoms with Gasteiger partial charge in [-0.2, -0.15) is 11.8 Å². The van der Waals surface area contributed by atoms with Crippen molar-refractivity contribution in [2.45, 2.75) is 5.75 Å². The SMILES string of the molecule is CSCc1cc2c(Br)cccc2n1C. The molecule has 3 heteroatoms. The van der Waals surface area contributed by atoms with Gasteiger partial charge in [-0.3, -0.25) is 0 Å². The van der Waals surface area contributed by atoms with Gasteiger partial charge in [0.05, 0.1) is 0 Å². The van der Waals surface area contributed by atoms with Crippen molar-refractivity contribution in [1.82, 2.24) is 4.57 Å². The first-order valence-corrected chi connectivity index (χ1v) is 6.64. The lowest BCUT2D eigenvalue weighted by molar-refractivity contribution is 0.910. The molecule has 0 saturated heterocycles. The minimum absolute atomic E-state index is 1.07. The molecule has 2 aromatic rings. The van der Waals surface area contributed by atoms with E-state index in [0.29, 0.717) is 0 Å². The van der Waals surface area contributed by atoms with Gasteiger partial charge in [-0.05, 0) is 24.5 Å². The number of hydrogen-bond donors (Lipinski definition) is 0. The molecule has 1 aromatic carbocycles. The summed E-state index contributed by atoms with van der Waals surface area (Å²) < 4.78 is 3.44. The van der Waals surface area contributed by atoms with Crippen LogP contribution in [0.4, 0.5) is 0 Å². The van der Waals surface area contributed by atoms with Crippen LogP contribution in [0.25, 0.3) is 10.9 Å². The van der Waals surface area contributed by atoms with E-state index in [1.54, 1.807) is 0 Å². The molecule has 1 nitrogen and oxygen atoms in total. The van der Waals surface area contributed by atoms with Gasteiger partial charge < -0.3 is 4.57 Å². The van der Waals surface area contributed by atoms with Crippen LogP contribution < -0.4 is 0 Å². The summed E-state index contributed by atoms with van der Waals surface area (Å²) in [6.07, 6.45) is 2.13. The Morgan fingerprint density at radius 3 is 2.86 bits per heavy atom. The van der Waals surface area contributed by atoms with Gasteiger partial charge in [0.25, 0.3) is 0 Å². The first-order chi connectivity index (χ1) is 6.74. The third kappa shape index (κ3) is 1.59. The third-order valence-corrected chi connectivity index (χ3v) is 3.70. The normalized spacial score (nSPS) is 11.1. The average Bonchev–Trinajstić information content (AvgIpc) is 2.48. The maximum absolute atomic E-state index is 3.58. The van der Waals surface area contributed by atoms with Gasteiger partial charge in [0.1, 0.15) is 0 Å². The Bertz CT molecular complexity index is 462. The van der Waals surface area contributed by atoms with E-state index in [1.807, 2.05) is 11.8 Å². The first kappa shape index (κ1) is 10.1. The van der Waals surface area contributed by atoms with Gasteiger partial charge in [-0.25, -0.2) is 0 Å². The van der Waals surface area contributed by atoms with Crippen LogP contribution in [0.1, 0.15) is 5.69 Å². The summed E-state index contributed by atoms with van der Waals surface area (Å²) in [6.45, 7) is 0.